The van der Waals surface area contributed by atoms with E-state index in [1.807, 2.05) is 0 Å². The highest BCUT2D eigenvalue weighted by atomic mass is 16.5. The molecule has 18 heavy (non-hydrogen) atoms. The molecule has 1 rings (SSSR count). The number of methoxy groups -OCH3 is 1. The average Bonchev–Trinajstić information content (AvgIpc) is 2.31. The predicted molar refractivity (Wildman–Crippen MR) is 67.2 cm³/mol. The zero-order valence-corrected chi connectivity index (χ0v) is 10.3. The smallest absolute Gasteiger partial charge is 0.310 e. The zero-order chi connectivity index (χ0) is 13.7. The van der Waals surface area contributed by atoms with Crippen molar-refractivity contribution in [2.75, 3.05) is 7.11 Å². The minimum Gasteiger partial charge on any atom is -0.508 e. The third-order valence-electron chi connectivity index (χ3n) is 2.17. The van der Waals surface area contributed by atoms with Crippen LogP contribution in [0.2, 0.25) is 0 Å². The SMILES string of the molecule is C=C(C)C#Cc1cc(O)c(CC(=O)OC)cc1O. The summed E-state index contributed by atoms with van der Waals surface area (Å²) < 4.78 is 4.49. The molecule has 1 aromatic rings. The molecule has 0 aliphatic carbocycles. The lowest BCUT2D eigenvalue weighted by Crippen LogP contribution is -2.04. The molecule has 94 valence electrons. The minimum absolute atomic E-state index is 0.0968. The maximum absolute atomic E-state index is 11.1. The van der Waals surface area contributed by atoms with Gasteiger partial charge in [0.15, 0.2) is 0 Å². The van der Waals surface area contributed by atoms with Gasteiger partial charge in [0.25, 0.3) is 0 Å². The molecular weight excluding hydrogens is 232 g/mol. The van der Waals surface area contributed by atoms with Crippen LogP contribution in [0.15, 0.2) is 24.3 Å². The van der Waals surface area contributed by atoms with Crippen LogP contribution >= 0.6 is 0 Å². The Morgan fingerprint density at radius 1 is 1.39 bits per heavy atom. The monoisotopic (exact) mass is 246 g/mol. The van der Waals surface area contributed by atoms with Crippen molar-refractivity contribution < 1.29 is 19.7 Å². The van der Waals surface area contributed by atoms with E-state index in [-0.39, 0.29) is 23.5 Å². The number of hydrogen-bond donors (Lipinski definition) is 2. The van der Waals surface area contributed by atoms with E-state index in [0.717, 1.165) is 0 Å². The van der Waals surface area contributed by atoms with E-state index in [9.17, 15) is 15.0 Å². The topological polar surface area (TPSA) is 66.8 Å². The molecule has 0 aromatic heterocycles. The van der Waals surface area contributed by atoms with Gasteiger partial charge >= 0.3 is 5.97 Å². The highest BCUT2D eigenvalue weighted by Crippen LogP contribution is 2.27. The van der Waals surface area contributed by atoms with Crippen molar-refractivity contribution in [3.63, 3.8) is 0 Å². The van der Waals surface area contributed by atoms with Crippen molar-refractivity contribution in [3.8, 4) is 23.3 Å². The Morgan fingerprint density at radius 2 is 2.06 bits per heavy atom. The van der Waals surface area contributed by atoms with Crippen molar-refractivity contribution in [3.05, 3.63) is 35.4 Å². The van der Waals surface area contributed by atoms with Gasteiger partial charge in [-0.2, -0.15) is 0 Å². The van der Waals surface area contributed by atoms with Crippen molar-refractivity contribution in [2.45, 2.75) is 13.3 Å². The largest absolute Gasteiger partial charge is 0.508 e. The molecule has 0 amide bonds. The fourth-order valence-corrected chi connectivity index (χ4v) is 1.26. The van der Waals surface area contributed by atoms with E-state index < -0.39 is 5.97 Å². The first-order valence-electron chi connectivity index (χ1n) is 5.23. The number of esters is 1. The first-order chi connectivity index (χ1) is 8.43. The molecule has 2 N–H and O–H groups in total. The molecule has 0 saturated heterocycles. The van der Waals surface area contributed by atoms with Crippen molar-refractivity contribution >= 4 is 5.97 Å². The van der Waals surface area contributed by atoms with Gasteiger partial charge < -0.3 is 14.9 Å². The number of hydrogen-bond acceptors (Lipinski definition) is 4. The lowest BCUT2D eigenvalue weighted by Gasteiger charge is -2.06. The number of phenols is 2. The Labute approximate surface area is 106 Å². The molecule has 0 bridgehead atoms. The summed E-state index contributed by atoms with van der Waals surface area (Å²) in [6.45, 7) is 5.34. The fourth-order valence-electron chi connectivity index (χ4n) is 1.26. The molecule has 0 heterocycles. The van der Waals surface area contributed by atoms with Gasteiger partial charge in [-0.25, -0.2) is 0 Å². The third kappa shape index (κ3) is 3.56. The van der Waals surface area contributed by atoms with Gasteiger partial charge in [0.05, 0.1) is 19.1 Å². The molecule has 4 heteroatoms. The number of carbonyl (C=O) groups is 1. The van der Waals surface area contributed by atoms with Gasteiger partial charge in [-0.3, -0.25) is 4.79 Å². The Bertz CT molecular complexity index is 547. The molecule has 0 fully saturated rings. The van der Waals surface area contributed by atoms with Crippen molar-refractivity contribution in [1.82, 2.24) is 0 Å². The van der Waals surface area contributed by atoms with Gasteiger partial charge in [-0.1, -0.05) is 18.4 Å². The summed E-state index contributed by atoms with van der Waals surface area (Å²) in [6.07, 6.45) is -0.107. The lowest BCUT2D eigenvalue weighted by atomic mass is 10.1. The van der Waals surface area contributed by atoms with E-state index in [0.29, 0.717) is 11.1 Å². The van der Waals surface area contributed by atoms with Crippen molar-refractivity contribution in [2.24, 2.45) is 0 Å². The Morgan fingerprint density at radius 3 is 2.61 bits per heavy atom. The summed E-state index contributed by atoms with van der Waals surface area (Å²) >= 11 is 0. The van der Waals surface area contributed by atoms with E-state index in [2.05, 4.69) is 23.2 Å². The van der Waals surface area contributed by atoms with Gasteiger partial charge in [-0.15, -0.1) is 0 Å². The quantitative estimate of drug-likeness (QED) is 0.474. The predicted octanol–water partition coefficient (Wildman–Crippen LogP) is 1.74. The first-order valence-corrected chi connectivity index (χ1v) is 5.23. The molecule has 0 unspecified atom stereocenters. The van der Waals surface area contributed by atoms with Gasteiger partial charge in [0, 0.05) is 5.56 Å². The first kappa shape index (κ1) is 13.7. The summed E-state index contributed by atoms with van der Waals surface area (Å²) in [7, 11) is 1.26. The van der Waals surface area contributed by atoms with Crippen LogP contribution in [0.3, 0.4) is 0 Å². The number of ether oxygens (including phenoxy) is 1. The summed E-state index contributed by atoms with van der Waals surface area (Å²) in [5.41, 5.74) is 1.22. The number of rotatable bonds is 2. The summed E-state index contributed by atoms with van der Waals surface area (Å²) in [5, 5.41) is 19.4. The standard InChI is InChI=1S/C14H14O4/c1-9(2)4-5-10-6-13(16)11(7-12(10)15)8-14(17)18-3/h6-7,15-16H,1,8H2,2-3H3. The van der Waals surface area contributed by atoms with Crippen LogP contribution in [0.1, 0.15) is 18.1 Å². The summed E-state index contributed by atoms with van der Waals surface area (Å²) in [4.78, 5) is 11.1. The van der Waals surface area contributed by atoms with Crippen LogP contribution in [0, 0.1) is 11.8 Å². The Kier molecular flexibility index (Phi) is 4.39. The van der Waals surface area contributed by atoms with Gasteiger partial charge in [0.1, 0.15) is 11.5 Å². The number of phenolic OH excluding ortho intramolecular Hbond substituents is 2. The van der Waals surface area contributed by atoms with Crippen LogP contribution in [0.25, 0.3) is 0 Å². The van der Waals surface area contributed by atoms with E-state index in [1.54, 1.807) is 6.92 Å². The molecule has 0 aliphatic heterocycles. The highest BCUT2D eigenvalue weighted by molar-refractivity contribution is 5.74. The van der Waals surface area contributed by atoms with Gasteiger partial charge in [-0.05, 0) is 24.6 Å². The lowest BCUT2D eigenvalue weighted by molar-refractivity contribution is -0.139. The molecule has 0 aliphatic rings. The van der Waals surface area contributed by atoms with Crippen molar-refractivity contribution in [1.29, 1.82) is 0 Å². The molecule has 0 radical (unpaired) electrons. The van der Waals surface area contributed by atoms with Gasteiger partial charge in [0.2, 0.25) is 0 Å². The molecule has 0 atom stereocenters. The average molecular weight is 246 g/mol. The molecule has 4 nitrogen and oxygen atoms in total. The minimum atomic E-state index is -0.495. The second kappa shape index (κ2) is 5.78. The van der Waals surface area contributed by atoms with E-state index in [4.69, 9.17) is 0 Å². The number of aromatic hydroxyl groups is 2. The number of carbonyl (C=O) groups excluding carboxylic acids is 1. The molecule has 1 aromatic carbocycles. The second-order valence-electron chi connectivity index (χ2n) is 3.78. The molecule has 0 saturated carbocycles. The van der Waals surface area contributed by atoms with Crippen LogP contribution in [0.4, 0.5) is 0 Å². The maximum atomic E-state index is 11.1. The van der Waals surface area contributed by atoms with Crippen LogP contribution in [0.5, 0.6) is 11.5 Å². The fraction of sp³-hybridized carbons (Fsp3) is 0.214. The second-order valence-corrected chi connectivity index (χ2v) is 3.78. The Hall–Kier alpha value is -2.41. The summed E-state index contributed by atoms with van der Waals surface area (Å²) in [5.74, 6) is 4.67. The highest BCUT2D eigenvalue weighted by Gasteiger charge is 2.11. The number of benzene rings is 1. The van der Waals surface area contributed by atoms with Crippen LogP contribution < -0.4 is 0 Å². The van der Waals surface area contributed by atoms with E-state index in [1.165, 1.54) is 19.2 Å². The normalized spacial score (nSPS) is 9.22. The van der Waals surface area contributed by atoms with Crippen LogP contribution in [-0.2, 0) is 16.0 Å². The van der Waals surface area contributed by atoms with Crippen LogP contribution in [-0.4, -0.2) is 23.3 Å². The summed E-state index contributed by atoms with van der Waals surface area (Å²) in [6, 6.07) is 2.61. The number of allylic oxidation sites excluding steroid dienone is 1. The third-order valence-corrected chi connectivity index (χ3v) is 2.17. The van der Waals surface area contributed by atoms with E-state index >= 15 is 0 Å². The molecule has 0 spiro atoms. The maximum Gasteiger partial charge on any atom is 0.310 e. The zero-order valence-electron chi connectivity index (χ0n) is 10.3. The molecular formula is C14H14O4. The Balaban J connectivity index is 3.09.